The Bertz CT molecular complexity index is 577. The van der Waals surface area contributed by atoms with Crippen LogP contribution in [0.25, 0.3) is 0 Å². The van der Waals surface area contributed by atoms with E-state index in [-0.39, 0.29) is 6.04 Å². The van der Waals surface area contributed by atoms with Crippen molar-refractivity contribution in [3.05, 3.63) is 47.3 Å². The Kier molecular flexibility index (Phi) is 5.39. The van der Waals surface area contributed by atoms with Crippen molar-refractivity contribution in [3.8, 4) is 5.75 Å². The first-order valence-corrected chi connectivity index (χ1v) is 7.57. The monoisotopic (exact) mass is 287 g/mol. The van der Waals surface area contributed by atoms with E-state index in [4.69, 9.17) is 4.74 Å². The lowest BCUT2D eigenvalue weighted by Gasteiger charge is -2.20. The summed E-state index contributed by atoms with van der Waals surface area (Å²) in [6.07, 6.45) is 4.08. The molecule has 2 rings (SSSR count). The molecule has 1 N–H and O–H groups in total. The predicted octanol–water partition coefficient (Wildman–Crippen LogP) is 3.23. The summed E-state index contributed by atoms with van der Waals surface area (Å²) in [4.78, 5) is 0. The first-order valence-electron chi connectivity index (χ1n) is 7.57. The fraction of sp³-hybridized carbons (Fsp3) is 0.471. The Morgan fingerprint density at radius 3 is 2.71 bits per heavy atom. The highest BCUT2D eigenvalue weighted by atomic mass is 16.5. The average Bonchev–Trinajstić information content (AvgIpc) is 2.88. The average molecular weight is 287 g/mol. The number of benzene rings is 1. The summed E-state index contributed by atoms with van der Waals surface area (Å²) in [5.41, 5.74) is 3.65. The molecule has 0 amide bonds. The van der Waals surface area contributed by atoms with E-state index >= 15 is 0 Å². The molecule has 21 heavy (non-hydrogen) atoms. The maximum absolute atomic E-state index is 5.47. The van der Waals surface area contributed by atoms with Crippen molar-refractivity contribution in [1.82, 2.24) is 15.1 Å². The lowest BCUT2D eigenvalue weighted by atomic mass is 10.0. The molecular weight excluding hydrogens is 262 g/mol. The Balaban J connectivity index is 2.12. The van der Waals surface area contributed by atoms with Crippen LogP contribution in [0.5, 0.6) is 5.75 Å². The van der Waals surface area contributed by atoms with E-state index in [1.807, 2.05) is 23.9 Å². The van der Waals surface area contributed by atoms with Crippen molar-refractivity contribution in [2.24, 2.45) is 7.05 Å². The van der Waals surface area contributed by atoms with Crippen molar-refractivity contribution in [2.75, 3.05) is 7.11 Å². The first-order chi connectivity index (χ1) is 10.2. The number of ether oxygens (including phenoxy) is 1. The maximum atomic E-state index is 5.47. The van der Waals surface area contributed by atoms with Crippen molar-refractivity contribution in [1.29, 1.82) is 0 Å². The quantitative estimate of drug-likeness (QED) is 0.849. The van der Waals surface area contributed by atoms with Gasteiger partial charge in [-0.2, -0.15) is 5.10 Å². The SMILES string of the molecule is CCc1nn(C)cc1CNC(CC)c1ccccc1OC. The lowest BCUT2D eigenvalue weighted by Crippen LogP contribution is -2.21. The van der Waals surface area contributed by atoms with Crippen LogP contribution in [-0.4, -0.2) is 16.9 Å². The molecule has 1 aromatic heterocycles. The zero-order chi connectivity index (χ0) is 15.2. The zero-order valence-corrected chi connectivity index (χ0v) is 13.4. The van der Waals surface area contributed by atoms with Crippen LogP contribution in [0.2, 0.25) is 0 Å². The van der Waals surface area contributed by atoms with Crippen molar-refractivity contribution >= 4 is 0 Å². The molecule has 1 heterocycles. The molecule has 0 bridgehead atoms. The van der Waals surface area contributed by atoms with Gasteiger partial charge in [0.05, 0.1) is 12.8 Å². The smallest absolute Gasteiger partial charge is 0.123 e. The van der Waals surface area contributed by atoms with E-state index in [9.17, 15) is 0 Å². The molecule has 4 heteroatoms. The number of nitrogens with zero attached hydrogens (tertiary/aromatic N) is 2. The molecule has 114 valence electrons. The number of methoxy groups -OCH3 is 1. The number of para-hydroxylation sites is 1. The highest BCUT2D eigenvalue weighted by Gasteiger charge is 2.14. The predicted molar refractivity (Wildman–Crippen MR) is 85.5 cm³/mol. The molecule has 0 aliphatic carbocycles. The maximum Gasteiger partial charge on any atom is 0.123 e. The molecular formula is C17H25N3O. The second kappa shape index (κ2) is 7.27. The van der Waals surface area contributed by atoms with Crippen LogP contribution in [0.15, 0.2) is 30.5 Å². The minimum Gasteiger partial charge on any atom is -0.496 e. The number of aryl methyl sites for hydroxylation is 2. The number of hydrogen-bond donors (Lipinski definition) is 1. The van der Waals surface area contributed by atoms with Gasteiger partial charge < -0.3 is 10.1 Å². The second-order valence-corrected chi connectivity index (χ2v) is 5.21. The van der Waals surface area contributed by atoms with Gasteiger partial charge in [-0.15, -0.1) is 0 Å². The van der Waals surface area contributed by atoms with Gasteiger partial charge in [0.15, 0.2) is 0 Å². The van der Waals surface area contributed by atoms with Crippen LogP contribution in [0.3, 0.4) is 0 Å². The minimum atomic E-state index is 0.283. The summed E-state index contributed by atoms with van der Waals surface area (Å²) in [5, 5.41) is 8.12. The van der Waals surface area contributed by atoms with Crippen LogP contribution in [0, 0.1) is 0 Å². The Hall–Kier alpha value is -1.81. The summed E-state index contributed by atoms with van der Waals surface area (Å²) < 4.78 is 7.36. The van der Waals surface area contributed by atoms with Crippen LogP contribution >= 0.6 is 0 Å². The Labute approximate surface area is 127 Å². The van der Waals surface area contributed by atoms with Crippen molar-refractivity contribution < 1.29 is 4.74 Å². The standard InChI is InChI=1S/C17H25N3O/c1-5-15-13(12-20(3)19-15)11-18-16(6-2)14-9-7-8-10-17(14)21-4/h7-10,12,16,18H,5-6,11H2,1-4H3. The fourth-order valence-electron chi connectivity index (χ4n) is 2.69. The molecule has 0 spiro atoms. The van der Waals surface area contributed by atoms with Crippen molar-refractivity contribution in [2.45, 2.75) is 39.3 Å². The molecule has 0 aliphatic heterocycles. The van der Waals surface area contributed by atoms with E-state index in [0.717, 1.165) is 25.1 Å². The summed E-state index contributed by atoms with van der Waals surface area (Å²) in [5.74, 6) is 0.943. The van der Waals surface area contributed by atoms with Gasteiger partial charge >= 0.3 is 0 Å². The third kappa shape index (κ3) is 3.64. The molecule has 1 aromatic carbocycles. The summed E-state index contributed by atoms with van der Waals surface area (Å²) in [6.45, 7) is 5.16. The van der Waals surface area contributed by atoms with Crippen LogP contribution in [0.1, 0.15) is 43.1 Å². The van der Waals surface area contributed by atoms with Gasteiger partial charge in [-0.25, -0.2) is 0 Å². The van der Waals surface area contributed by atoms with Gasteiger partial charge in [-0.1, -0.05) is 32.0 Å². The molecule has 0 saturated heterocycles. The highest BCUT2D eigenvalue weighted by Crippen LogP contribution is 2.27. The van der Waals surface area contributed by atoms with E-state index in [0.29, 0.717) is 0 Å². The molecule has 1 atom stereocenters. The van der Waals surface area contributed by atoms with Gasteiger partial charge in [0, 0.05) is 37.0 Å². The summed E-state index contributed by atoms with van der Waals surface area (Å²) in [7, 11) is 3.70. The molecule has 0 radical (unpaired) electrons. The third-order valence-corrected chi connectivity index (χ3v) is 3.79. The van der Waals surface area contributed by atoms with E-state index in [2.05, 4.69) is 42.6 Å². The molecule has 0 saturated carbocycles. The van der Waals surface area contributed by atoms with Crippen molar-refractivity contribution in [3.63, 3.8) is 0 Å². The van der Waals surface area contributed by atoms with Gasteiger partial charge in [-0.3, -0.25) is 4.68 Å². The van der Waals surface area contributed by atoms with Gasteiger partial charge in [0.2, 0.25) is 0 Å². The minimum absolute atomic E-state index is 0.283. The first kappa shape index (κ1) is 15.6. The molecule has 0 fully saturated rings. The third-order valence-electron chi connectivity index (χ3n) is 3.79. The van der Waals surface area contributed by atoms with E-state index in [1.54, 1.807) is 7.11 Å². The van der Waals surface area contributed by atoms with Gasteiger partial charge in [0.1, 0.15) is 5.75 Å². The molecule has 1 unspecified atom stereocenters. The lowest BCUT2D eigenvalue weighted by molar-refractivity contribution is 0.396. The van der Waals surface area contributed by atoms with Gasteiger partial charge in [0.25, 0.3) is 0 Å². The van der Waals surface area contributed by atoms with Gasteiger partial charge in [-0.05, 0) is 18.9 Å². The topological polar surface area (TPSA) is 39.1 Å². The normalized spacial score (nSPS) is 12.4. The summed E-state index contributed by atoms with van der Waals surface area (Å²) >= 11 is 0. The number of hydrogen-bond acceptors (Lipinski definition) is 3. The second-order valence-electron chi connectivity index (χ2n) is 5.21. The largest absolute Gasteiger partial charge is 0.496 e. The number of rotatable bonds is 7. The van der Waals surface area contributed by atoms with E-state index in [1.165, 1.54) is 16.8 Å². The Morgan fingerprint density at radius 1 is 1.29 bits per heavy atom. The fourth-order valence-corrected chi connectivity index (χ4v) is 2.69. The molecule has 0 aliphatic rings. The zero-order valence-electron chi connectivity index (χ0n) is 13.4. The van der Waals surface area contributed by atoms with Crippen LogP contribution in [0.4, 0.5) is 0 Å². The number of aromatic nitrogens is 2. The van der Waals surface area contributed by atoms with E-state index < -0.39 is 0 Å². The van der Waals surface area contributed by atoms with Crippen LogP contribution in [-0.2, 0) is 20.0 Å². The number of nitrogens with one attached hydrogen (secondary N) is 1. The molecule has 4 nitrogen and oxygen atoms in total. The summed E-state index contributed by atoms with van der Waals surface area (Å²) in [6, 6.07) is 8.49. The highest BCUT2D eigenvalue weighted by molar-refractivity contribution is 5.36. The molecule has 2 aromatic rings. The van der Waals surface area contributed by atoms with Crippen LogP contribution < -0.4 is 10.1 Å². The Morgan fingerprint density at radius 2 is 2.05 bits per heavy atom.